The van der Waals surface area contributed by atoms with Crippen LogP contribution in [-0.4, -0.2) is 12.4 Å². The Morgan fingerprint density at radius 1 is 1.67 bits per heavy atom. The van der Waals surface area contributed by atoms with Gasteiger partial charge in [-0.2, -0.15) is 0 Å². The van der Waals surface area contributed by atoms with Crippen molar-refractivity contribution in [2.24, 2.45) is 0 Å². The van der Waals surface area contributed by atoms with Gasteiger partial charge in [-0.15, -0.1) is 0 Å². The predicted octanol–water partition coefficient (Wildman–Crippen LogP) is 1.88. The van der Waals surface area contributed by atoms with Crippen molar-refractivity contribution in [1.82, 2.24) is 0 Å². The maximum absolute atomic E-state index is 11.3. The smallest absolute Gasteiger partial charge is 0.317 e. The van der Waals surface area contributed by atoms with Crippen LogP contribution in [0, 0.1) is 0 Å². The summed E-state index contributed by atoms with van der Waals surface area (Å²) in [6.45, 7) is 0. The molecule has 0 N–H and O–H groups in total. The third-order valence-corrected chi connectivity index (χ3v) is 1.01. The Balaban J connectivity index is 3.17. The number of alkyl halides is 2. The molecule has 0 spiro atoms. The molecule has 0 aromatic carbocycles. The standard InChI is InChI=1S/C4H5BrF2O2/c5-9-4(8)2-1-3(6)7/h3H,1-2H2. The van der Waals surface area contributed by atoms with Crippen molar-refractivity contribution in [2.45, 2.75) is 19.3 Å². The molecular weight excluding hydrogens is 198 g/mol. The highest BCUT2D eigenvalue weighted by molar-refractivity contribution is 9.06. The van der Waals surface area contributed by atoms with E-state index in [0.717, 1.165) is 0 Å². The molecule has 0 aromatic rings. The highest BCUT2D eigenvalue weighted by Crippen LogP contribution is 2.04. The highest BCUT2D eigenvalue weighted by Gasteiger charge is 2.07. The van der Waals surface area contributed by atoms with E-state index in [4.69, 9.17) is 0 Å². The van der Waals surface area contributed by atoms with E-state index in [9.17, 15) is 13.6 Å². The summed E-state index contributed by atoms with van der Waals surface area (Å²) in [5.74, 6) is -0.671. The lowest BCUT2D eigenvalue weighted by atomic mass is 10.3. The molecule has 9 heavy (non-hydrogen) atoms. The molecule has 0 aliphatic carbocycles. The summed E-state index contributed by atoms with van der Waals surface area (Å²) in [5, 5.41) is 0. The zero-order valence-corrected chi connectivity index (χ0v) is 6.03. The lowest BCUT2D eigenvalue weighted by Gasteiger charge is -1.94. The highest BCUT2D eigenvalue weighted by atomic mass is 79.9. The van der Waals surface area contributed by atoms with Crippen LogP contribution in [0.1, 0.15) is 12.8 Å². The zero-order valence-electron chi connectivity index (χ0n) is 4.44. The Kier molecular flexibility index (Phi) is 4.57. The Bertz CT molecular complexity index is 96.6. The molecule has 2 nitrogen and oxygen atoms in total. The molecule has 0 atom stereocenters. The van der Waals surface area contributed by atoms with E-state index in [2.05, 4.69) is 20.1 Å². The minimum absolute atomic E-state index is 0.247. The molecule has 0 aromatic heterocycles. The summed E-state index contributed by atoms with van der Waals surface area (Å²) in [6.07, 6.45) is -3.12. The van der Waals surface area contributed by atoms with Gasteiger partial charge in [0.25, 0.3) is 0 Å². The van der Waals surface area contributed by atoms with E-state index >= 15 is 0 Å². The number of halogens is 3. The van der Waals surface area contributed by atoms with Crippen LogP contribution in [0.2, 0.25) is 0 Å². The molecule has 0 heterocycles. The summed E-state index contributed by atoms with van der Waals surface area (Å²) >= 11 is 2.37. The molecule has 0 fully saturated rings. The number of hydrogen-bond acceptors (Lipinski definition) is 2. The molecule has 0 bridgehead atoms. The van der Waals surface area contributed by atoms with E-state index in [1.165, 1.54) is 0 Å². The SMILES string of the molecule is O=C(CCC(F)F)OBr. The second kappa shape index (κ2) is 4.67. The minimum atomic E-state index is -2.43. The average molecular weight is 203 g/mol. The van der Waals surface area contributed by atoms with Crippen LogP contribution in [0.15, 0.2) is 0 Å². The van der Waals surface area contributed by atoms with Crippen molar-refractivity contribution in [3.05, 3.63) is 0 Å². The lowest BCUT2D eigenvalue weighted by molar-refractivity contribution is -0.133. The third-order valence-electron chi connectivity index (χ3n) is 0.653. The molecule has 0 saturated heterocycles. The maximum Gasteiger partial charge on any atom is 0.317 e. The van der Waals surface area contributed by atoms with Gasteiger partial charge in [0.05, 0.1) is 6.42 Å². The van der Waals surface area contributed by atoms with Gasteiger partial charge in [0.2, 0.25) is 6.43 Å². The first kappa shape index (κ1) is 8.81. The number of rotatable bonds is 3. The fourth-order valence-electron chi connectivity index (χ4n) is 0.266. The summed E-state index contributed by atoms with van der Waals surface area (Å²) in [7, 11) is 0. The normalized spacial score (nSPS) is 9.78. The van der Waals surface area contributed by atoms with Crippen LogP contribution in [0.3, 0.4) is 0 Å². The van der Waals surface area contributed by atoms with Crippen molar-refractivity contribution in [2.75, 3.05) is 0 Å². The van der Waals surface area contributed by atoms with Crippen LogP contribution >= 0.6 is 16.3 Å². The molecule has 0 aliphatic rings. The lowest BCUT2D eigenvalue weighted by Crippen LogP contribution is -1.99. The summed E-state index contributed by atoms with van der Waals surface area (Å²) < 4.78 is 26.6. The quantitative estimate of drug-likeness (QED) is 0.699. The summed E-state index contributed by atoms with van der Waals surface area (Å²) in [5.41, 5.74) is 0. The zero-order chi connectivity index (χ0) is 7.28. The van der Waals surface area contributed by atoms with Gasteiger partial charge in [0.15, 0.2) is 16.3 Å². The number of hydrogen-bond donors (Lipinski definition) is 0. The van der Waals surface area contributed by atoms with Gasteiger partial charge >= 0.3 is 5.97 Å². The van der Waals surface area contributed by atoms with Gasteiger partial charge in [-0.05, 0) is 0 Å². The Hall–Kier alpha value is -0.190. The van der Waals surface area contributed by atoms with Crippen LogP contribution < -0.4 is 0 Å². The van der Waals surface area contributed by atoms with Gasteiger partial charge in [-0.3, -0.25) is 4.79 Å². The molecule has 0 saturated carbocycles. The van der Waals surface area contributed by atoms with Crippen molar-refractivity contribution >= 4 is 22.2 Å². The maximum atomic E-state index is 11.3. The van der Waals surface area contributed by atoms with Gasteiger partial charge in [0.1, 0.15) is 0 Å². The molecule has 5 heteroatoms. The first-order valence-electron chi connectivity index (χ1n) is 2.26. The Labute approximate surface area is 59.6 Å². The van der Waals surface area contributed by atoms with Gasteiger partial charge < -0.3 is 3.83 Å². The van der Waals surface area contributed by atoms with Gasteiger partial charge in [-0.25, -0.2) is 8.78 Å². The average Bonchev–Trinajstić information content (AvgIpc) is 1.83. The minimum Gasteiger partial charge on any atom is -0.384 e. The Morgan fingerprint density at radius 3 is 2.56 bits per heavy atom. The summed E-state index contributed by atoms with van der Waals surface area (Å²) in [4.78, 5) is 10.1. The van der Waals surface area contributed by atoms with Crippen LogP contribution in [-0.2, 0) is 8.62 Å². The van der Waals surface area contributed by atoms with Crippen LogP contribution in [0.5, 0.6) is 0 Å². The molecule has 0 rings (SSSR count). The monoisotopic (exact) mass is 202 g/mol. The fraction of sp³-hybridized carbons (Fsp3) is 0.750. The van der Waals surface area contributed by atoms with Gasteiger partial charge in [-0.1, -0.05) is 0 Å². The molecule has 0 amide bonds. The number of carbonyl (C=O) groups excluding carboxylic acids is 1. The molecule has 0 aliphatic heterocycles. The van der Waals surface area contributed by atoms with E-state index in [1.54, 1.807) is 0 Å². The first-order valence-corrected chi connectivity index (χ1v) is 2.91. The van der Waals surface area contributed by atoms with Crippen LogP contribution in [0.25, 0.3) is 0 Å². The van der Waals surface area contributed by atoms with Gasteiger partial charge in [0, 0.05) is 6.42 Å². The van der Waals surface area contributed by atoms with Crippen molar-refractivity contribution in [1.29, 1.82) is 0 Å². The second-order valence-electron chi connectivity index (χ2n) is 1.38. The fourth-order valence-corrected chi connectivity index (χ4v) is 0.427. The number of carbonyl (C=O) groups is 1. The van der Waals surface area contributed by atoms with E-state index < -0.39 is 18.8 Å². The molecule has 0 radical (unpaired) electrons. The first-order chi connectivity index (χ1) is 4.16. The molecule has 54 valence electrons. The molecule has 0 unspecified atom stereocenters. The topological polar surface area (TPSA) is 26.3 Å². The second-order valence-corrected chi connectivity index (χ2v) is 1.70. The van der Waals surface area contributed by atoms with E-state index in [1.807, 2.05) is 0 Å². The van der Waals surface area contributed by atoms with E-state index in [-0.39, 0.29) is 6.42 Å². The van der Waals surface area contributed by atoms with Crippen LogP contribution in [0.4, 0.5) is 8.78 Å². The summed E-state index contributed by atoms with van der Waals surface area (Å²) in [6, 6.07) is 0. The Morgan fingerprint density at radius 2 is 2.22 bits per heavy atom. The van der Waals surface area contributed by atoms with E-state index in [0.29, 0.717) is 0 Å². The van der Waals surface area contributed by atoms with Crippen molar-refractivity contribution < 1.29 is 17.4 Å². The third kappa shape index (κ3) is 5.68. The predicted molar refractivity (Wildman–Crippen MR) is 30.3 cm³/mol. The van der Waals surface area contributed by atoms with Crippen molar-refractivity contribution in [3.8, 4) is 0 Å². The molecular formula is C4H5BrF2O2. The van der Waals surface area contributed by atoms with Crippen molar-refractivity contribution in [3.63, 3.8) is 0 Å². The largest absolute Gasteiger partial charge is 0.384 e.